The lowest BCUT2D eigenvalue weighted by molar-refractivity contribution is -0.120. The van der Waals surface area contributed by atoms with Gasteiger partial charge in [0.15, 0.2) is 5.13 Å². The highest BCUT2D eigenvalue weighted by molar-refractivity contribution is 7.17. The van der Waals surface area contributed by atoms with Gasteiger partial charge in [0.2, 0.25) is 0 Å². The van der Waals surface area contributed by atoms with Gasteiger partial charge < -0.3 is 10.1 Å². The Labute approximate surface area is 226 Å². The summed E-state index contributed by atoms with van der Waals surface area (Å²) < 4.78 is 5.00. The van der Waals surface area contributed by atoms with Crippen LogP contribution in [0.3, 0.4) is 0 Å². The number of amides is 3. The molecule has 2 heterocycles. The van der Waals surface area contributed by atoms with Crippen molar-refractivity contribution in [2.24, 2.45) is 0 Å². The first-order valence-corrected chi connectivity index (χ1v) is 12.6. The number of rotatable bonds is 7. The number of anilines is 3. The van der Waals surface area contributed by atoms with E-state index in [-0.39, 0.29) is 33.7 Å². The number of imide groups is 1. The smallest absolute Gasteiger partial charge is 0.350 e. The number of benzene rings is 2. The van der Waals surface area contributed by atoms with E-state index in [1.165, 1.54) is 12.1 Å². The first-order chi connectivity index (χ1) is 17.6. The molecule has 1 aliphatic heterocycles. The van der Waals surface area contributed by atoms with Crippen LogP contribution in [0.1, 0.15) is 38.2 Å². The molecule has 2 N–H and O–H groups in total. The fourth-order valence-electron chi connectivity index (χ4n) is 3.45. The molecule has 9 nitrogen and oxygen atoms in total. The molecule has 0 aliphatic carbocycles. The van der Waals surface area contributed by atoms with Gasteiger partial charge in [-0.05, 0) is 56.7 Å². The third-order valence-corrected chi connectivity index (χ3v) is 7.12. The van der Waals surface area contributed by atoms with E-state index < -0.39 is 23.7 Å². The fraction of sp³-hybridized carbons (Fsp3) is 0.160. The Morgan fingerprint density at radius 3 is 2.54 bits per heavy atom. The van der Waals surface area contributed by atoms with Gasteiger partial charge in [-0.15, -0.1) is 0 Å². The Balaban J connectivity index is 1.51. The average molecular weight is 559 g/mol. The maximum atomic E-state index is 13.1. The molecule has 1 aromatic heterocycles. The van der Waals surface area contributed by atoms with Crippen LogP contribution in [0.5, 0.6) is 0 Å². The zero-order valence-corrected chi connectivity index (χ0v) is 22.2. The number of hydrogen-bond acceptors (Lipinski definition) is 8. The number of aromatic nitrogens is 1. The molecule has 0 fully saturated rings. The Kier molecular flexibility index (Phi) is 7.63. The van der Waals surface area contributed by atoms with Crippen molar-refractivity contribution in [2.45, 2.75) is 20.8 Å². The van der Waals surface area contributed by atoms with E-state index in [1.807, 2.05) is 0 Å². The predicted octanol–water partition coefficient (Wildman–Crippen LogP) is 5.28. The van der Waals surface area contributed by atoms with Gasteiger partial charge in [-0.2, -0.15) is 0 Å². The highest BCUT2D eigenvalue weighted by Crippen LogP contribution is 2.32. The fourth-order valence-corrected chi connectivity index (χ4v) is 4.70. The van der Waals surface area contributed by atoms with Crippen LogP contribution < -0.4 is 15.5 Å². The van der Waals surface area contributed by atoms with Gasteiger partial charge in [-0.3, -0.25) is 19.7 Å². The van der Waals surface area contributed by atoms with E-state index in [4.69, 9.17) is 27.9 Å². The molecule has 2 aromatic carbocycles. The Morgan fingerprint density at radius 1 is 1.08 bits per heavy atom. The summed E-state index contributed by atoms with van der Waals surface area (Å²) in [5.74, 6) is -2.35. The highest BCUT2D eigenvalue weighted by atomic mass is 35.5. The van der Waals surface area contributed by atoms with Crippen molar-refractivity contribution in [2.75, 3.05) is 22.1 Å². The van der Waals surface area contributed by atoms with Crippen molar-refractivity contribution in [3.05, 3.63) is 79.9 Å². The summed E-state index contributed by atoms with van der Waals surface area (Å²) in [6.07, 6.45) is 0. The number of esters is 1. The lowest BCUT2D eigenvalue weighted by Crippen LogP contribution is -2.32. The second-order valence-corrected chi connectivity index (χ2v) is 9.67. The number of ether oxygens (including phenoxy) is 1. The lowest BCUT2D eigenvalue weighted by Gasteiger charge is -2.16. The average Bonchev–Trinajstić information content (AvgIpc) is 3.33. The zero-order chi connectivity index (χ0) is 26.9. The molecule has 0 atom stereocenters. The molecular formula is C25H20Cl2N4O5S. The summed E-state index contributed by atoms with van der Waals surface area (Å²) in [6, 6.07) is 11.1. The molecular weight excluding hydrogens is 539 g/mol. The van der Waals surface area contributed by atoms with Crippen molar-refractivity contribution < 1.29 is 23.9 Å². The third-order valence-electron chi connectivity index (χ3n) is 5.31. The summed E-state index contributed by atoms with van der Waals surface area (Å²) >= 11 is 13.4. The highest BCUT2D eigenvalue weighted by Gasteiger charge is 2.39. The standard InChI is InChI=1S/C25H20Cl2N4O5S/c1-4-36-24(35)20-13(3)28-25(37-20)30-21(32)14-6-5-7-15(10-14)29-19-18(27)22(33)31(23(19)34)16-9-8-12(2)17(26)11-16/h5-11,29H,4H2,1-3H3,(H,28,30,32). The number of nitrogens with zero attached hydrogens (tertiary/aromatic N) is 2. The summed E-state index contributed by atoms with van der Waals surface area (Å²) in [7, 11) is 0. The maximum Gasteiger partial charge on any atom is 0.350 e. The number of carbonyl (C=O) groups excluding carboxylic acids is 4. The van der Waals surface area contributed by atoms with Crippen LogP contribution in [-0.4, -0.2) is 35.3 Å². The number of hydrogen-bond donors (Lipinski definition) is 2. The molecule has 12 heteroatoms. The Morgan fingerprint density at radius 2 is 1.84 bits per heavy atom. The van der Waals surface area contributed by atoms with E-state index in [0.29, 0.717) is 21.3 Å². The van der Waals surface area contributed by atoms with E-state index >= 15 is 0 Å². The molecule has 3 amide bonds. The van der Waals surface area contributed by atoms with E-state index in [1.54, 1.807) is 51.1 Å². The minimum Gasteiger partial charge on any atom is -0.462 e. The lowest BCUT2D eigenvalue weighted by atomic mass is 10.2. The largest absolute Gasteiger partial charge is 0.462 e. The van der Waals surface area contributed by atoms with Gasteiger partial charge in [0.05, 0.1) is 18.0 Å². The van der Waals surface area contributed by atoms with Crippen LogP contribution >= 0.6 is 34.5 Å². The molecule has 1 aliphatic rings. The molecule has 4 rings (SSSR count). The summed E-state index contributed by atoms with van der Waals surface area (Å²) in [5, 5.41) is 5.85. The topological polar surface area (TPSA) is 118 Å². The van der Waals surface area contributed by atoms with Gasteiger partial charge in [0, 0.05) is 16.3 Å². The monoisotopic (exact) mass is 558 g/mol. The van der Waals surface area contributed by atoms with Crippen molar-refractivity contribution in [1.29, 1.82) is 0 Å². The molecule has 3 aromatic rings. The van der Waals surface area contributed by atoms with Crippen LogP contribution in [-0.2, 0) is 14.3 Å². The number of thiazole rings is 1. The normalized spacial score (nSPS) is 13.3. The van der Waals surface area contributed by atoms with Crippen LogP contribution in [0.4, 0.5) is 16.5 Å². The van der Waals surface area contributed by atoms with E-state index in [0.717, 1.165) is 21.8 Å². The number of halogens is 2. The van der Waals surface area contributed by atoms with Crippen molar-refractivity contribution >= 4 is 74.7 Å². The van der Waals surface area contributed by atoms with Crippen LogP contribution in [0, 0.1) is 13.8 Å². The molecule has 0 saturated heterocycles. The molecule has 0 radical (unpaired) electrons. The zero-order valence-electron chi connectivity index (χ0n) is 19.8. The maximum absolute atomic E-state index is 13.1. The van der Waals surface area contributed by atoms with Gasteiger partial charge in [0.1, 0.15) is 15.6 Å². The second-order valence-electron chi connectivity index (χ2n) is 7.88. The van der Waals surface area contributed by atoms with E-state index in [9.17, 15) is 19.2 Å². The molecule has 190 valence electrons. The quantitative estimate of drug-likeness (QED) is 0.299. The first kappa shape index (κ1) is 26.3. The van der Waals surface area contributed by atoms with E-state index in [2.05, 4.69) is 15.6 Å². The van der Waals surface area contributed by atoms with Crippen molar-refractivity contribution in [1.82, 2.24) is 4.98 Å². The number of aryl methyl sites for hydroxylation is 2. The van der Waals surface area contributed by atoms with Gasteiger partial charge in [-0.1, -0.05) is 46.7 Å². The van der Waals surface area contributed by atoms with Crippen molar-refractivity contribution in [3.8, 4) is 0 Å². The summed E-state index contributed by atoms with van der Waals surface area (Å²) in [5.41, 5.74) is 1.99. The molecule has 0 bridgehead atoms. The Bertz CT molecular complexity index is 1480. The molecule has 37 heavy (non-hydrogen) atoms. The van der Waals surface area contributed by atoms with Crippen LogP contribution in [0.25, 0.3) is 0 Å². The van der Waals surface area contributed by atoms with Crippen molar-refractivity contribution in [3.63, 3.8) is 0 Å². The Hall–Kier alpha value is -3.73. The van der Waals surface area contributed by atoms with Gasteiger partial charge >= 0.3 is 5.97 Å². The van der Waals surface area contributed by atoms with Crippen LogP contribution in [0.15, 0.2) is 53.2 Å². The minimum atomic E-state index is -0.695. The summed E-state index contributed by atoms with van der Waals surface area (Å²) in [4.78, 5) is 56.1. The second kappa shape index (κ2) is 10.7. The molecule has 0 unspecified atom stereocenters. The molecule has 0 spiro atoms. The predicted molar refractivity (Wildman–Crippen MR) is 142 cm³/mol. The third kappa shape index (κ3) is 5.36. The van der Waals surface area contributed by atoms with Gasteiger partial charge in [-0.25, -0.2) is 14.7 Å². The minimum absolute atomic E-state index is 0.129. The summed E-state index contributed by atoms with van der Waals surface area (Å²) in [6.45, 7) is 5.37. The SMILES string of the molecule is CCOC(=O)c1sc(NC(=O)c2cccc(NC3=C(Cl)C(=O)N(c4ccc(C)c(Cl)c4)C3=O)c2)nc1C. The first-order valence-electron chi connectivity index (χ1n) is 11.0. The number of carbonyl (C=O) groups is 4. The molecule has 0 saturated carbocycles. The number of nitrogens with one attached hydrogen (secondary N) is 2. The van der Waals surface area contributed by atoms with Gasteiger partial charge in [0.25, 0.3) is 17.7 Å². The van der Waals surface area contributed by atoms with Crippen LogP contribution in [0.2, 0.25) is 5.02 Å².